The van der Waals surface area contributed by atoms with Crippen LogP contribution in [0.3, 0.4) is 0 Å². The van der Waals surface area contributed by atoms with Gasteiger partial charge in [-0.05, 0) is 38.8 Å². The summed E-state index contributed by atoms with van der Waals surface area (Å²) in [6.45, 7) is 5.73. The Balaban J connectivity index is 1.51. The summed E-state index contributed by atoms with van der Waals surface area (Å²) in [5.41, 5.74) is 0.939. The Morgan fingerprint density at radius 2 is 2.04 bits per heavy atom. The summed E-state index contributed by atoms with van der Waals surface area (Å²) < 4.78 is 1.82. The van der Waals surface area contributed by atoms with Crippen molar-refractivity contribution in [2.45, 2.75) is 45.7 Å². The fourth-order valence-corrected chi connectivity index (χ4v) is 3.62. The van der Waals surface area contributed by atoms with Crippen LogP contribution in [0.5, 0.6) is 0 Å². The average molecular weight is 377 g/mol. The Labute approximate surface area is 158 Å². The number of hydrogen-bond donors (Lipinski definition) is 1. The lowest BCUT2D eigenvalue weighted by Crippen LogP contribution is -2.44. The van der Waals surface area contributed by atoms with Crippen molar-refractivity contribution in [2.75, 3.05) is 13.1 Å². The van der Waals surface area contributed by atoms with Gasteiger partial charge in [-0.25, -0.2) is 0 Å². The molecule has 1 saturated heterocycles. The van der Waals surface area contributed by atoms with E-state index >= 15 is 0 Å². The molecular formula is C19H25ClN4O2. The van der Waals surface area contributed by atoms with Crippen LogP contribution in [-0.2, 0) is 16.1 Å². The molecule has 26 heavy (non-hydrogen) atoms. The van der Waals surface area contributed by atoms with Gasteiger partial charge in [0.1, 0.15) is 0 Å². The number of hydrogen-bond acceptors (Lipinski definition) is 3. The van der Waals surface area contributed by atoms with Crippen LogP contribution in [-0.4, -0.2) is 45.6 Å². The number of carbonyl (C=O) groups is 2. The highest BCUT2D eigenvalue weighted by Gasteiger charge is 2.27. The highest BCUT2D eigenvalue weighted by atomic mass is 35.5. The fourth-order valence-electron chi connectivity index (χ4n) is 3.40. The van der Waals surface area contributed by atoms with Gasteiger partial charge >= 0.3 is 0 Å². The first kappa shape index (κ1) is 18.7. The van der Waals surface area contributed by atoms with Crippen LogP contribution >= 0.6 is 11.6 Å². The molecule has 1 N–H and O–H groups in total. The van der Waals surface area contributed by atoms with Crippen molar-refractivity contribution in [2.24, 2.45) is 5.92 Å². The van der Waals surface area contributed by atoms with Crippen LogP contribution in [0.1, 0.15) is 33.1 Å². The lowest BCUT2D eigenvalue weighted by atomic mass is 9.95. The zero-order valence-electron chi connectivity index (χ0n) is 15.2. The first-order valence-corrected chi connectivity index (χ1v) is 9.51. The second kappa shape index (κ2) is 8.08. The fraction of sp³-hybridized carbons (Fsp3) is 0.526. The van der Waals surface area contributed by atoms with Gasteiger partial charge in [-0.15, -0.1) is 0 Å². The number of halogens is 1. The van der Waals surface area contributed by atoms with Crippen LogP contribution in [0.15, 0.2) is 24.4 Å². The lowest BCUT2D eigenvalue weighted by Gasteiger charge is -2.31. The molecule has 7 heteroatoms. The van der Waals surface area contributed by atoms with Crippen molar-refractivity contribution >= 4 is 34.3 Å². The molecule has 2 aromatic rings. The van der Waals surface area contributed by atoms with E-state index in [1.54, 1.807) is 6.20 Å². The van der Waals surface area contributed by atoms with Crippen molar-refractivity contribution in [3.05, 3.63) is 29.4 Å². The summed E-state index contributed by atoms with van der Waals surface area (Å²) in [7, 11) is 0. The molecule has 140 valence electrons. The molecule has 0 aliphatic carbocycles. The zero-order chi connectivity index (χ0) is 18.7. The summed E-state index contributed by atoms with van der Waals surface area (Å²) >= 11 is 6.16. The third-order valence-corrected chi connectivity index (χ3v) is 5.15. The Kier molecular flexibility index (Phi) is 5.81. The highest BCUT2D eigenvalue weighted by Crippen LogP contribution is 2.23. The summed E-state index contributed by atoms with van der Waals surface area (Å²) in [5.74, 6) is 0.226. The number of rotatable bonds is 5. The quantitative estimate of drug-likeness (QED) is 0.872. The predicted molar refractivity (Wildman–Crippen MR) is 102 cm³/mol. The van der Waals surface area contributed by atoms with Crippen LogP contribution in [0.2, 0.25) is 5.02 Å². The normalized spacial score (nSPS) is 15.6. The summed E-state index contributed by atoms with van der Waals surface area (Å²) in [5, 5.41) is 8.87. The second-order valence-electron chi connectivity index (χ2n) is 7.11. The number of benzene rings is 1. The average Bonchev–Trinajstić information content (AvgIpc) is 3.04. The second-order valence-corrected chi connectivity index (χ2v) is 7.52. The zero-order valence-corrected chi connectivity index (χ0v) is 16.0. The van der Waals surface area contributed by atoms with Gasteiger partial charge in [0.2, 0.25) is 11.8 Å². The molecule has 0 saturated carbocycles. The number of fused-ring (bicyclic) bond motifs is 1. The van der Waals surface area contributed by atoms with Crippen molar-refractivity contribution in [3.63, 3.8) is 0 Å². The molecule has 1 fully saturated rings. The minimum absolute atomic E-state index is 0.0126. The van der Waals surface area contributed by atoms with E-state index in [1.165, 1.54) is 0 Å². The largest absolute Gasteiger partial charge is 0.354 e. The van der Waals surface area contributed by atoms with Gasteiger partial charge in [0, 0.05) is 36.9 Å². The summed E-state index contributed by atoms with van der Waals surface area (Å²) in [6.07, 6.45) is 3.59. The predicted octanol–water partition coefficient (Wildman–Crippen LogP) is 2.84. The van der Waals surface area contributed by atoms with Gasteiger partial charge in [0.05, 0.1) is 23.3 Å². The summed E-state index contributed by atoms with van der Waals surface area (Å²) in [4.78, 5) is 26.4. The molecule has 0 spiro atoms. The Morgan fingerprint density at radius 3 is 2.73 bits per heavy atom. The maximum atomic E-state index is 12.5. The van der Waals surface area contributed by atoms with E-state index in [0.29, 0.717) is 31.1 Å². The Morgan fingerprint density at radius 1 is 1.31 bits per heavy atom. The van der Waals surface area contributed by atoms with E-state index < -0.39 is 0 Å². The molecule has 3 rings (SSSR count). The topological polar surface area (TPSA) is 67.2 Å². The highest BCUT2D eigenvalue weighted by molar-refractivity contribution is 6.35. The van der Waals surface area contributed by atoms with E-state index in [4.69, 9.17) is 11.6 Å². The summed E-state index contributed by atoms with van der Waals surface area (Å²) in [6, 6.07) is 5.83. The minimum Gasteiger partial charge on any atom is -0.354 e. The van der Waals surface area contributed by atoms with E-state index in [9.17, 15) is 9.59 Å². The molecule has 1 aromatic heterocycles. The molecule has 2 amide bonds. The Hall–Kier alpha value is -2.08. The van der Waals surface area contributed by atoms with Gasteiger partial charge in [0.15, 0.2) is 0 Å². The molecule has 0 bridgehead atoms. The van der Waals surface area contributed by atoms with Crippen LogP contribution < -0.4 is 5.32 Å². The third kappa shape index (κ3) is 4.18. The van der Waals surface area contributed by atoms with Crippen LogP contribution in [0.25, 0.3) is 10.9 Å². The third-order valence-electron chi connectivity index (χ3n) is 4.82. The van der Waals surface area contributed by atoms with Crippen LogP contribution in [0, 0.1) is 5.92 Å². The molecule has 0 unspecified atom stereocenters. The number of nitrogens with zero attached hydrogens (tertiary/aromatic N) is 3. The number of carbonyl (C=O) groups excluding carboxylic acids is 2. The smallest absolute Gasteiger partial charge is 0.224 e. The van der Waals surface area contributed by atoms with Gasteiger partial charge < -0.3 is 10.2 Å². The van der Waals surface area contributed by atoms with E-state index in [0.717, 1.165) is 23.7 Å². The number of likely N-dealkylation sites (tertiary alicyclic amines) is 1. The maximum absolute atomic E-state index is 12.5. The molecular weight excluding hydrogens is 352 g/mol. The molecule has 6 nitrogen and oxygen atoms in total. The molecule has 1 aromatic carbocycles. The number of aryl methyl sites for hydroxylation is 1. The van der Waals surface area contributed by atoms with Crippen molar-refractivity contribution in [1.29, 1.82) is 0 Å². The molecule has 2 heterocycles. The van der Waals surface area contributed by atoms with Gasteiger partial charge in [-0.3, -0.25) is 14.3 Å². The lowest BCUT2D eigenvalue weighted by molar-refractivity contribution is -0.136. The van der Waals surface area contributed by atoms with E-state index in [1.807, 2.05) is 41.6 Å². The minimum atomic E-state index is 0.0126. The Bertz CT molecular complexity index is 794. The van der Waals surface area contributed by atoms with Gasteiger partial charge in [0.25, 0.3) is 0 Å². The van der Waals surface area contributed by atoms with E-state index in [-0.39, 0.29) is 23.8 Å². The standard InChI is InChI=1S/C19H25ClN4O2/c1-13(2)22-19(26)14-6-9-23(10-7-14)18(25)8-11-24-17-5-3-4-16(20)15(17)12-21-24/h3-5,12-14H,6-11H2,1-2H3,(H,22,26). The number of piperidine rings is 1. The van der Waals surface area contributed by atoms with Crippen molar-refractivity contribution in [1.82, 2.24) is 20.0 Å². The first-order chi connectivity index (χ1) is 12.5. The molecule has 1 aliphatic heterocycles. The SMILES string of the molecule is CC(C)NC(=O)C1CCN(C(=O)CCn2ncc3c(Cl)cccc32)CC1. The number of nitrogens with one attached hydrogen (secondary N) is 1. The monoisotopic (exact) mass is 376 g/mol. The molecule has 0 radical (unpaired) electrons. The first-order valence-electron chi connectivity index (χ1n) is 9.14. The maximum Gasteiger partial charge on any atom is 0.224 e. The van der Waals surface area contributed by atoms with E-state index in [2.05, 4.69) is 10.4 Å². The number of amides is 2. The van der Waals surface area contributed by atoms with Crippen molar-refractivity contribution in [3.8, 4) is 0 Å². The van der Waals surface area contributed by atoms with Crippen molar-refractivity contribution < 1.29 is 9.59 Å². The molecule has 1 aliphatic rings. The molecule has 0 atom stereocenters. The van der Waals surface area contributed by atoms with Gasteiger partial charge in [-0.2, -0.15) is 5.10 Å². The van der Waals surface area contributed by atoms with Gasteiger partial charge in [-0.1, -0.05) is 17.7 Å². The number of aromatic nitrogens is 2. The van der Waals surface area contributed by atoms with Crippen LogP contribution in [0.4, 0.5) is 0 Å².